The SMILES string of the molecule is O=C(c1ccc([N+](=O)[O-])cc1)N1CCN(Cc2nc(-c3ccc(Cl)cc3)no2)CC1. The van der Waals surface area contributed by atoms with Gasteiger partial charge in [-0.15, -0.1) is 0 Å². The van der Waals surface area contributed by atoms with Gasteiger partial charge < -0.3 is 9.42 Å². The fraction of sp³-hybridized carbons (Fsp3) is 0.250. The number of hydrogen-bond acceptors (Lipinski definition) is 7. The maximum absolute atomic E-state index is 12.6. The lowest BCUT2D eigenvalue weighted by Crippen LogP contribution is -2.48. The Morgan fingerprint density at radius 3 is 2.37 bits per heavy atom. The number of carbonyl (C=O) groups is 1. The van der Waals surface area contributed by atoms with E-state index < -0.39 is 4.92 Å². The van der Waals surface area contributed by atoms with Gasteiger partial charge in [-0.25, -0.2) is 0 Å². The molecule has 2 aromatic carbocycles. The fourth-order valence-corrected chi connectivity index (χ4v) is 3.37. The number of piperazine rings is 1. The van der Waals surface area contributed by atoms with Crippen molar-refractivity contribution in [3.8, 4) is 11.4 Å². The highest BCUT2D eigenvalue weighted by atomic mass is 35.5. The number of nitro benzene ring substituents is 1. The minimum Gasteiger partial charge on any atom is -0.338 e. The van der Waals surface area contributed by atoms with E-state index >= 15 is 0 Å². The van der Waals surface area contributed by atoms with Gasteiger partial charge in [0.25, 0.3) is 11.6 Å². The van der Waals surface area contributed by atoms with Crippen molar-refractivity contribution in [3.05, 3.63) is 75.1 Å². The fourth-order valence-electron chi connectivity index (χ4n) is 3.24. The molecule has 0 bridgehead atoms. The molecular formula is C20H18ClN5O4. The molecule has 154 valence electrons. The number of non-ortho nitro benzene ring substituents is 1. The molecule has 1 amide bonds. The number of nitrogens with zero attached hydrogens (tertiary/aromatic N) is 5. The molecule has 4 rings (SSSR count). The van der Waals surface area contributed by atoms with E-state index in [4.69, 9.17) is 16.1 Å². The minimum absolute atomic E-state index is 0.0334. The summed E-state index contributed by atoms with van der Waals surface area (Å²) < 4.78 is 5.35. The first-order chi connectivity index (χ1) is 14.5. The van der Waals surface area contributed by atoms with Gasteiger partial charge in [-0.2, -0.15) is 4.98 Å². The Bertz CT molecular complexity index is 1040. The topological polar surface area (TPSA) is 106 Å². The molecule has 1 saturated heterocycles. The number of amides is 1. The second kappa shape index (κ2) is 8.60. The number of rotatable bonds is 5. The second-order valence-electron chi connectivity index (χ2n) is 6.89. The van der Waals surface area contributed by atoms with Gasteiger partial charge in [-0.1, -0.05) is 16.8 Å². The van der Waals surface area contributed by atoms with Crippen molar-refractivity contribution >= 4 is 23.2 Å². The molecule has 3 aromatic rings. The van der Waals surface area contributed by atoms with Crippen LogP contribution in [0.2, 0.25) is 5.02 Å². The van der Waals surface area contributed by atoms with E-state index in [2.05, 4.69) is 15.0 Å². The molecule has 10 heteroatoms. The Balaban J connectivity index is 1.32. The Morgan fingerprint density at radius 2 is 1.73 bits per heavy atom. The maximum atomic E-state index is 12.6. The van der Waals surface area contributed by atoms with Gasteiger partial charge in [-0.05, 0) is 36.4 Å². The predicted octanol–water partition coefficient (Wildman–Crippen LogP) is 3.26. The molecule has 0 aliphatic carbocycles. The van der Waals surface area contributed by atoms with E-state index in [1.165, 1.54) is 24.3 Å². The standard InChI is InChI=1S/C20H18ClN5O4/c21-16-5-1-14(2-6-16)19-22-18(30-23-19)13-24-9-11-25(12-10-24)20(27)15-3-7-17(8-4-15)26(28)29/h1-8H,9-13H2. The molecular weight excluding hydrogens is 410 g/mol. The number of benzene rings is 2. The van der Waals surface area contributed by atoms with Crippen LogP contribution < -0.4 is 0 Å². The van der Waals surface area contributed by atoms with E-state index in [1.54, 1.807) is 17.0 Å². The van der Waals surface area contributed by atoms with Crippen LogP contribution in [0.3, 0.4) is 0 Å². The summed E-state index contributed by atoms with van der Waals surface area (Å²) in [7, 11) is 0. The second-order valence-corrected chi connectivity index (χ2v) is 7.33. The number of carbonyl (C=O) groups excluding carboxylic acids is 1. The zero-order valence-corrected chi connectivity index (χ0v) is 16.7. The molecule has 0 N–H and O–H groups in total. The highest BCUT2D eigenvalue weighted by Crippen LogP contribution is 2.20. The summed E-state index contributed by atoms with van der Waals surface area (Å²) in [5.41, 5.74) is 1.24. The van der Waals surface area contributed by atoms with Crippen molar-refractivity contribution in [2.24, 2.45) is 0 Å². The van der Waals surface area contributed by atoms with E-state index in [0.29, 0.717) is 55.0 Å². The normalized spacial score (nSPS) is 14.6. The Kier molecular flexibility index (Phi) is 5.73. The van der Waals surface area contributed by atoms with Gasteiger partial charge in [0.05, 0.1) is 11.5 Å². The van der Waals surface area contributed by atoms with E-state index in [-0.39, 0.29) is 11.6 Å². The molecule has 1 fully saturated rings. The molecule has 0 unspecified atom stereocenters. The maximum Gasteiger partial charge on any atom is 0.269 e. The van der Waals surface area contributed by atoms with E-state index in [9.17, 15) is 14.9 Å². The lowest BCUT2D eigenvalue weighted by atomic mass is 10.1. The zero-order valence-electron chi connectivity index (χ0n) is 15.9. The smallest absolute Gasteiger partial charge is 0.269 e. The third-order valence-corrected chi connectivity index (χ3v) is 5.17. The van der Waals surface area contributed by atoms with Crippen molar-refractivity contribution < 1.29 is 14.2 Å². The third kappa shape index (κ3) is 4.47. The van der Waals surface area contributed by atoms with Crippen molar-refractivity contribution in [2.45, 2.75) is 6.54 Å². The van der Waals surface area contributed by atoms with Crippen LogP contribution in [-0.4, -0.2) is 56.9 Å². The summed E-state index contributed by atoms with van der Waals surface area (Å²) in [5, 5.41) is 15.4. The Labute approximate surface area is 177 Å². The molecule has 1 aliphatic heterocycles. The van der Waals surface area contributed by atoms with Crippen LogP contribution in [0.4, 0.5) is 5.69 Å². The van der Waals surface area contributed by atoms with Crippen molar-refractivity contribution in [3.63, 3.8) is 0 Å². The van der Waals surface area contributed by atoms with Gasteiger partial charge in [0.15, 0.2) is 0 Å². The summed E-state index contributed by atoms with van der Waals surface area (Å²) in [6.45, 7) is 2.93. The largest absolute Gasteiger partial charge is 0.338 e. The first-order valence-corrected chi connectivity index (χ1v) is 9.72. The summed E-state index contributed by atoms with van der Waals surface area (Å²) >= 11 is 5.90. The number of halogens is 1. The van der Waals surface area contributed by atoms with Crippen LogP contribution in [0, 0.1) is 10.1 Å². The van der Waals surface area contributed by atoms with E-state index in [1.807, 2.05) is 12.1 Å². The van der Waals surface area contributed by atoms with Gasteiger partial charge in [0.1, 0.15) is 0 Å². The third-order valence-electron chi connectivity index (χ3n) is 4.91. The number of aromatic nitrogens is 2. The number of hydrogen-bond donors (Lipinski definition) is 0. The van der Waals surface area contributed by atoms with Gasteiger partial charge in [0, 0.05) is 54.5 Å². The summed E-state index contributed by atoms with van der Waals surface area (Å²) in [4.78, 5) is 31.2. The molecule has 2 heterocycles. The molecule has 30 heavy (non-hydrogen) atoms. The van der Waals surface area contributed by atoms with Crippen molar-refractivity contribution in [2.75, 3.05) is 26.2 Å². The molecule has 1 aliphatic rings. The van der Waals surface area contributed by atoms with Crippen molar-refractivity contribution in [1.82, 2.24) is 19.9 Å². The predicted molar refractivity (Wildman–Crippen MR) is 109 cm³/mol. The first kappa shape index (κ1) is 20.0. The quantitative estimate of drug-likeness (QED) is 0.454. The monoisotopic (exact) mass is 427 g/mol. The molecule has 9 nitrogen and oxygen atoms in total. The average Bonchev–Trinajstić information content (AvgIpc) is 3.23. The lowest BCUT2D eigenvalue weighted by Gasteiger charge is -2.34. The Hall–Kier alpha value is -3.30. The average molecular weight is 428 g/mol. The van der Waals surface area contributed by atoms with Crippen LogP contribution in [0.25, 0.3) is 11.4 Å². The van der Waals surface area contributed by atoms with E-state index in [0.717, 1.165) is 5.56 Å². The zero-order chi connectivity index (χ0) is 21.1. The van der Waals surface area contributed by atoms with Gasteiger partial charge in [0.2, 0.25) is 11.7 Å². The summed E-state index contributed by atoms with van der Waals surface area (Å²) in [5.74, 6) is 0.885. The minimum atomic E-state index is -0.483. The van der Waals surface area contributed by atoms with Crippen LogP contribution in [0.1, 0.15) is 16.2 Å². The van der Waals surface area contributed by atoms with Gasteiger partial charge >= 0.3 is 0 Å². The molecule has 0 atom stereocenters. The van der Waals surface area contributed by atoms with Gasteiger partial charge in [-0.3, -0.25) is 19.8 Å². The summed E-state index contributed by atoms with van der Waals surface area (Å²) in [6.07, 6.45) is 0. The van der Waals surface area contributed by atoms with Crippen LogP contribution in [0.5, 0.6) is 0 Å². The summed E-state index contributed by atoms with van der Waals surface area (Å²) in [6, 6.07) is 12.9. The highest BCUT2D eigenvalue weighted by Gasteiger charge is 2.24. The molecule has 1 aromatic heterocycles. The Morgan fingerprint density at radius 1 is 1.07 bits per heavy atom. The highest BCUT2D eigenvalue weighted by molar-refractivity contribution is 6.30. The van der Waals surface area contributed by atoms with Crippen LogP contribution in [0.15, 0.2) is 53.1 Å². The lowest BCUT2D eigenvalue weighted by molar-refractivity contribution is -0.384. The van der Waals surface area contributed by atoms with Crippen molar-refractivity contribution in [1.29, 1.82) is 0 Å². The molecule has 0 spiro atoms. The molecule has 0 radical (unpaired) electrons. The first-order valence-electron chi connectivity index (χ1n) is 9.34. The number of nitro groups is 1. The molecule has 0 saturated carbocycles. The van der Waals surface area contributed by atoms with Crippen LogP contribution >= 0.6 is 11.6 Å². The van der Waals surface area contributed by atoms with Crippen LogP contribution in [-0.2, 0) is 6.54 Å².